The molecule has 0 bridgehead atoms. The highest BCUT2D eigenvalue weighted by Crippen LogP contribution is 2.30. The number of aliphatic hydroxyl groups is 1. The van der Waals surface area contributed by atoms with E-state index in [1.165, 1.54) is 0 Å². The molecule has 0 unspecified atom stereocenters. The predicted octanol–water partition coefficient (Wildman–Crippen LogP) is 2.03. The van der Waals surface area contributed by atoms with E-state index in [1.807, 2.05) is 24.4 Å². The third kappa shape index (κ3) is 2.38. The zero-order valence-electron chi connectivity index (χ0n) is 10.6. The SMILES string of the molecule is CCCN(CCO)c1ccc(N)c2ccncc12. The third-order valence-electron chi connectivity index (χ3n) is 3.03. The maximum Gasteiger partial charge on any atom is 0.0606 e. The van der Waals surface area contributed by atoms with Gasteiger partial charge >= 0.3 is 0 Å². The van der Waals surface area contributed by atoms with Crippen molar-refractivity contribution in [1.29, 1.82) is 0 Å². The lowest BCUT2D eigenvalue weighted by Gasteiger charge is -2.25. The Morgan fingerprint density at radius 2 is 2.06 bits per heavy atom. The van der Waals surface area contributed by atoms with E-state index in [9.17, 15) is 0 Å². The molecule has 0 saturated carbocycles. The van der Waals surface area contributed by atoms with Gasteiger partial charge in [0.15, 0.2) is 0 Å². The van der Waals surface area contributed by atoms with Crippen LogP contribution in [0.25, 0.3) is 10.8 Å². The number of anilines is 2. The van der Waals surface area contributed by atoms with Gasteiger partial charge in [-0.3, -0.25) is 4.98 Å². The Morgan fingerprint density at radius 1 is 1.22 bits per heavy atom. The number of aliphatic hydroxyl groups excluding tert-OH is 1. The van der Waals surface area contributed by atoms with Crippen LogP contribution in [-0.4, -0.2) is 29.8 Å². The van der Waals surface area contributed by atoms with Crippen molar-refractivity contribution in [3.05, 3.63) is 30.6 Å². The fraction of sp³-hybridized carbons (Fsp3) is 0.357. The average Bonchev–Trinajstić information content (AvgIpc) is 2.39. The molecule has 0 amide bonds. The summed E-state index contributed by atoms with van der Waals surface area (Å²) in [6, 6.07) is 5.85. The number of nitrogens with two attached hydrogens (primary N) is 1. The molecule has 0 radical (unpaired) electrons. The smallest absolute Gasteiger partial charge is 0.0606 e. The predicted molar refractivity (Wildman–Crippen MR) is 75.7 cm³/mol. The molecule has 1 aromatic carbocycles. The maximum atomic E-state index is 9.17. The first-order valence-electron chi connectivity index (χ1n) is 6.26. The molecule has 0 atom stereocenters. The van der Waals surface area contributed by atoms with E-state index in [-0.39, 0.29) is 6.61 Å². The van der Waals surface area contributed by atoms with E-state index in [0.29, 0.717) is 6.54 Å². The molecule has 4 heteroatoms. The van der Waals surface area contributed by atoms with Crippen LogP contribution >= 0.6 is 0 Å². The van der Waals surface area contributed by atoms with Gasteiger partial charge in [-0.25, -0.2) is 0 Å². The van der Waals surface area contributed by atoms with E-state index in [4.69, 9.17) is 10.8 Å². The maximum absolute atomic E-state index is 9.17. The summed E-state index contributed by atoms with van der Waals surface area (Å²) in [5.41, 5.74) is 7.82. The summed E-state index contributed by atoms with van der Waals surface area (Å²) in [5.74, 6) is 0. The second-order valence-electron chi connectivity index (χ2n) is 4.31. The van der Waals surface area contributed by atoms with E-state index in [0.717, 1.165) is 35.1 Å². The van der Waals surface area contributed by atoms with Gasteiger partial charge in [-0.2, -0.15) is 0 Å². The second kappa shape index (κ2) is 5.69. The van der Waals surface area contributed by atoms with Gasteiger partial charge in [0, 0.05) is 47.6 Å². The average molecular weight is 245 g/mol. The first-order valence-corrected chi connectivity index (χ1v) is 6.26. The molecule has 2 rings (SSSR count). The van der Waals surface area contributed by atoms with Crippen molar-refractivity contribution in [2.24, 2.45) is 0 Å². The Bertz CT molecular complexity index is 521. The van der Waals surface area contributed by atoms with Gasteiger partial charge in [0.2, 0.25) is 0 Å². The summed E-state index contributed by atoms with van der Waals surface area (Å²) in [4.78, 5) is 6.34. The molecule has 0 fully saturated rings. The summed E-state index contributed by atoms with van der Waals surface area (Å²) in [6.07, 6.45) is 4.62. The normalized spacial score (nSPS) is 10.8. The number of aromatic nitrogens is 1. The number of nitrogens with zero attached hydrogens (tertiary/aromatic N) is 2. The molecule has 0 aliphatic carbocycles. The van der Waals surface area contributed by atoms with Crippen molar-refractivity contribution >= 4 is 22.1 Å². The van der Waals surface area contributed by atoms with Gasteiger partial charge in [0.25, 0.3) is 0 Å². The van der Waals surface area contributed by atoms with Crippen LogP contribution < -0.4 is 10.6 Å². The second-order valence-corrected chi connectivity index (χ2v) is 4.31. The number of rotatable bonds is 5. The van der Waals surface area contributed by atoms with Crippen LogP contribution in [0.1, 0.15) is 13.3 Å². The van der Waals surface area contributed by atoms with Crippen molar-refractivity contribution in [2.75, 3.05) is 30.3 Å². The minimum absolute atomic E-state index is 0.145. The summed E-state index contributed by atoms with van der Waals surface area (Å²) in [7, 11) is 0. The van der Waals surface area contributed by atoms with Gasteiger partial charge in [-0.15, -0.1) is 0 Å². The highest BCUT2D eigenvalue weighted by molar-refractivity contribution is 6.00. The molecule has 18 heavy (non-hydrogen) atoms. The van der Waals surface area contributed by atoms with Crippen LogP contribution in [0.5, 0.6) is 0 Å². The van der Waals surface area contributed by atoms with Crippen LogP contribution in [0, 0.1) is 0 Å². The number of fused-ring (bicyclic) bond motifs is 1. The Balaban J connectivity index is 2.52. The number of hydrogen-bond acceptors (Lipinski definition) is 4. The zero-order valence-corrected chi connectivity index (χ0v) is 10.6. The Kier molecular flexibility index (Phi) is 3.99. The van der Waals surface area contributed by atoms with Crippen LogP contribution in [-0.2, 0) is 0 Å². The third-order valence-corrected chi connectivity index (χ3v) is 3.03. The topological polar surface area (TPSA) is 62.4 Å². The fourth-order valence-electron chi connectivity index (χ4n) is 2.22. The lowest BCUT2D eigenvalue weighted by Crippen LogP contribution is -2.27. The highest BCUT2D eigenvalue weighted by atomic mass is 16.3. The van der Waals surface area contributed by atoms with E-state index in [2.05, 4.69) is 16.8 Å². The molecule has 2 aromatic rings. The fourth-order valence-corrected chi connectivity index (χ4v) is 2.22. The van der Waals surface area contributed by atoms with E-state index in [1.54, 1.807) is 6.20 Å². The largest absolute Gasteiger partial charge is 0.398 e. The quantitative estimate of drug-likeness (QED) is 0.791. The molecule has 3 N–H and O–H groups in total. The Hall–Kier alpha value is -1.81. The van der Waals surface area contributed by atoms with Gasteiger partial charge in [-0.05, 0) is 24.6 Å². The molecule has 1 heterocycles. The van der Waals surface area contributed by atoms with Crippen LogP contribution in [0.4, 0.5) is 11.4 Å². The van der Waals surface area contributed by atoms with Crippen molar-refractivity contribution < 1.29 is 5.11 Å². The van der Waals surface area contributed by atoms with Crippen molar-refractivity contribution in [3.8, 4) is 0 Å². The monoisotopic (exact) mass is 245 g/mol. The molecule has 96 valence electrons. The standard InChI is InChI=1S/C14H19N3O/c1-2-7-17(8-9-18)14-4-3-13(15)11-5-6-16-10-12(11)14/h3-6,10,18H,2,7-9,15H2,1H3. The number of nitrogen functional groups attached to an aromatic ring is 1. The minimum Gasteiger partial charge on any atom is -0.398 e. The van der Waals surface area contributed by atoms with Crippen LogP contribution in [0.2, 0.25) is 0 Å². The molecule has 0 saturated heterocycles. The Labute approximate surface area is 107 Å². The molecule has 0 aliphatic rings. The van der Waals surface area contributed by atoms with Gasteiger partial charge in [0.1, 0.15) is 0 Å². The molecule has 4 nitrogen and oxygen atoms in total. The first-order chi connectivity index (χ1) is 8.77. The minimum atomic E-state index is 0.145. The Morgan fingerprint density at radius 3 is 2.78 bits per heavy atom. The lowest BCUT2D eigenvalue weighted by atomic mass is 10.1. The first kappa shape index (κ1) is 12.6. The lowest BCUT2D eigenvalue weighted by molar-refractivity contribution is 0.302. The van der Waals surface area contributed by atoms with E-state index < -0.39 is 0 Å². The summed E-state index contributed by atoms with van der Waals surface area (Å²) < 4.78 is 0. The van der Waals surface area contributed by atoms with Crippen LogP contribution in [0.15, 0.2) is 30.6 Å². The zero-order chi connectivity index (χ0) is 13.0. The highest BCUT2D eigenvalue weighted by Gasteiger charge is 2.10. The van der Waals surface area contributed by atoms with Crippen molar-refractivity contribution in [1.82, 2.24) is 4.98 Å². The van der Waals surface area contributed by atoms with Gasteiger partial charge < -0.3 is 15.7 Å². The number of benzene rings is 1. The van der Waals surface area contributed by atoms with Gasteiger partial charge in [-0.1, -0.05) is 6.92 Å². The molecular weight excluding hydrogens is 226 g/mol. The molecule has 0 aliphatic heterocycles. The number of hydrogen-bond donors (Lipinski definition) is 2. The van der Waals surface area contributed by atoms with Crippen molar-refractivity contribution in [2.45, 2.75) is 13.3 Å². The van der Waals surface area contributed by atoms with E-state index >= 15 is 0 Å². The molecule has 1 aromatic heterocycles. The van der Waals surface area contributed by atoms with Crippen molar-refractivity contribution in [3.63, 3.8) is 0 Å². The molecule has 0 spiro atoms. The summed E-state index contributed by atoms with van der Waals surface area (Å²) in [5, 5.41) is 11.2. The summed E-state index contributed by atoms with van der Waals surface area (Å²) in [6.45, 7) is 3.81. The summed E-state index contributed by atoms with van der Waals surface area (Å²) >= 11 is 0. The molecular formula is C14H19N3O. The van der Waals surface area contributed by atoms with Crippen LogP contribution in [0.3, 0.4) is 0 Å². The van der Waals surface area contributed by atoms with Gasteiger partial charge in [0.05, 0.1) is 6.61 Å². The number of pyridine rings is 1.